The van der Waals surface area contributed by atoms with Crippen molar-refractivity contribution >= 4 is 22.2 Å². The summed E-state index contributed by atoms with van der Waals surface area (Å²) in [6.07, 6.45) is 6.44. The maximum absolute atomic E-state index is 10.7. The molecule has 4 heteroatoms. The van der Waals surface area contributed by atoms with Crippen LogP contribution in [0.4, 0.5) is 0 Å². The summed E-state index contributed by atoms with van der Waals surface area (Å²) in [4.78, 5) is 10.7. The number of carbonyl (C=O) groups is 1. The Bertz CT molecular complexity index is 435. The summed E-state index contributed by atoms with van der Waals surface area (Å²) < 4.78 is 11.6. The maximum Gasteiger partial charge on any atom is 0.175 e. The van der Waals surface area contributed by atoms with Crippen LogP contribution >= 0.6 is 15.9 Å². The van der Waals surface area contributed by atoms with Crippen LogP contribution in [0.15, 0.2) is 16.6 Å². The lowest BCUT2D eigenvalue weighted by atomic mass is 10.2. The van der Waals surface area contributed by atoms with E-state index in [1.165, 1.54) is 0 Å². The summed E-state index contributed by atoms with van der Waals surface area (Å²) in [5.74, 6) is 3.61. The zero-order chi connectivity index (χ0) is 12.7. The average Bonchev–Trinajstić information content (AvgIpc) is 2.32. The van der Waals surface area contributed by atoms with Crippen LogP contribution in [0.5, 0.6) is 11.5 Å². The first-order valence-corrected chi connectivity index (χ1v) is 6.00. The van der Waals surface area contributed by atoms with Crippen molar-refractivity contribution in [3.63, 3.8) is 0 Å². The van der Waals surface area contributed by atoms with Gasteiger partial charge < -0.3 is 9.47 Å². The van der Waals surface area contributed by atoms with E-state index < -0.39 is 0 Å². The van der Waals surface area contributed by atoms with E-state index in [9.17, 15) is 4.79 Å². The summed E-state index contributed by atoms with van der Waals surface area (Å²) >= 11 is 3.35. The molecule has 0 aromatic heterocycles. The molecular formula is C13H13BrO3. The monoisotopic (exact) mass is 296 g/mol. The third-order valence-electron chi connectivity index (χ3n) is 1.96. The van der Waals surface area contributed by atoms with Gasteiger partial charge in [0, 0.05) is 12.0 Å². The zero-order valence-corrected chi connectivity index (χ0v) is 11.1. The first-order chi connectivity index (χ1) is 8.22. The van der Waals surface area contributed by atoms with Crippen molar-refractivity contribution in [1.82, 2.24) is 0 Å². The lowest BCUT2D eigenvalue weighted by Gasteiger charge is -2.13. The van der Waals surface area contributed by atoms with Crippen molar-refractivity contribution in [3.8, 4) is 23.8 Å². The Kier molecular flexibility index (Phi) is 5.58. The highest BCUT2D eigenvalue weighted by atomic mass is 79.9. The number of aldehydes is 1. The van der Waals surface area contributed by atoms with E-state index >= 15 is 0 Å². The number of hydrogen-bond acceptors (Lipinski definition) is 3. The molecule has 1 aromatic rings. The second-order valence-electron chi connectivity index (χ2n) is 3.18. The molecule has 1 aromatic carbocycles. The first kappa shape index (κ1) is 13.6. The molecule has 0 radical (unpaired) electrons. The van der Waals surface area contributed by atoms with Gasteiger partial charge >= 0.3 is 0 Å². The van der Waals surface area contributed by atoms with Gasteiger partial charge in [0.15, 0.2) is 11.5 Å². The number of hydrogen-bond donors (Lipinski definition) is 0. The van der Waals surface area contributed by atoms with Gasteiger partial charge in [-0.25, -0.2) is 0 Å². The molecule has 0 N–H and O–H groups in total. The van der Waals surface area contributed by atoms with E-state index in [1.54, 1.807) is 12.1 Å². The Morgan fingerprint density at radius 3 is 2.82 bits per heavy atom. The Balaban J connectivity index is 2.99. The van der Waals surface area contributed by atoms with Crippen LogP contribution in [-0.4, -0.2) is 19.5 Å². The van der Waals surface area contributed by atoms with Crippen molar-refractivity contribution < 1.29 is 14.3 Å². The molecule has 1 rings (SSSR count). The van der Waals surface area contributed by atoms with Gasteiger partial charge in [-0.1, -0.05) is 0 Å². The van der Waals surface area contributed by atoms with E-state index in [4.69, 9.17) is 15.9 Å². The predicted octanol–water partition coefficient (Wildman–Crippen LogP) is 3.06. The molecule has 0 saturated heterocycles. The van der Waals surface area contributed by atoms with Crippen LogP contribution < -0.4 is 9.47 Å². The van der Waals surface area contributed by atoms with E-state index in [0.29, 0.717) is 41.2 Å². The third kappa shape index (κ3) is 3.79. The Hall–Kier alpha value is -1.47. The minimum absolute atomic E-state index is 0.412. The smallest absolute Gasteiger partial charge is 0.175 e. The summed E-state index contributed by atoms with van der Waals surface area (Å²) in [5, 5.41) is 0. The molecule has 0 atom stereocenters. The van der Waals surface area contributed by atoms with Crippen molar-refractivity contribution in [2.24, 2.45) is 0 Å². The van der Waals surface area contributed by atoms with Gasteiger partial charge in [0.2, 0.25) is 0 Å². The molecule has 0 aliphatic rings. The molecule has 0 unspecified atom stereocenters. The van der Waals surface area contributed by atoms with Crippen molar-refractivity contribution in [2.75, 3.05) is 13.2 Å². The molecule has 0 fully saturated rings. The van der Waals surface area contributed by atoms with Crippen molar-refractivity contribution in [1.29, 1.82) is 0 Å². The van der Waals surface area contributed by atoms with E-state index in [1.807, 2.05) is 6.92 Å². The number of halogens is 1. The number of terminal acetylenes is 1. The molecule has 0 aliphatic carbocycles. The second kappa shape index (κ2) is 6.97. The van der Waals surface area contributed by atoms with Gasteiger partial charge in [-0.05, 0) is 35.0 Å². The Morgan fingerprint density at radius 2 is 2.24 bits per heavy atom. The molecule has 0 spiro atoms. The van der Waals surface area contributed by atoms with Gasteiger partial charge in [-0.2, -0.15) is 0 Å². The topological polar surface area (TPSA) is 35.5 Å². The molecule has 0 heterocycles. The second-order valence-corrected chi connectivity index (χ2v) is 4.04. The zero-order valence-electron chi connectivity index (χ0n) is 9.53. The van der Waals surface area contributed by atoms with Crippen LogP contribution in [0.2, 0.25) is 0 Å². The largest absolute Gasteiger partial charge is 0.490 e. The quantitative estimate of drug-likeness (QED) is 0.460. The van der Waals surface area contributed by atoms with Crippen LogP contribution in [-0.2, 0) is 0 Å². The molecule has 0 saturated carbocycles. The molecule has 0 bridgehead atoms. The summed E-state index contributed by atoms with van der Waals surface area (Å²) in [6.45, 7) is 2.78. The summed E-state index contributed by atoms with van der Waals surface area (Å²) in [7, 11) is 0. The van der Waals surface area contributed by atoms with E-state index in [-0.39, 0.29) is 0 Å². The number of benzene rings is 1. The van der Waals surface area contributed by atoms with Gasteiger partial charge in [0.25, 0.3) is 0 Å². The average molecular weight is 297 g/mol. The lowest BCUT2D eigenvalue weighted by Crippen LogP contribution is -2.02. The van der Waals surface area contributed by atoms with Gasteiger partial charge in [-0.3, -0.25) is 4.79 Å². The van der Waals surface area contributed by atoms with Gasteiger partial charge in [-0.15, -0.1) is 12.3 Å². The molecule has 0 aliphatic heterocycles. The lowest BCUT2D eigenvalue weighted by molar-refractivity contribution is 0.112. The number of carbonyl (C=O) groups excluding carboxylic acids is 1. The maximum atomic E-state index is 10.7. The predicted molar refractivity (Wildman–Crippen MR) is 69.6 cm³/mol. The highest BCUT2D eigenvalue weighted by molar-refractivity contribution is 9.10. The molecule has 3 nitrogen and oxygen atoms in total. The van der Waals surface area contributed by atoms with Crippen LogP contribution in [0.3, 0.4) is 0 Å². The minimum Gasteiger partial charge on any atom is -0.490 e. The van der Waals surface area contributed by atoms with Crippen molar-refractivity contribution in [3.05, 3.63) is 22.2 Å². The number of rotatable bonds is 6. The van der Waals surface area contributed by atoms with E-state index in [0.717, 1.165) is 6.29 Å². The fourth-order valence-corrected chi connectivity index (χ4v) is 1.85. The summed E-state index contributed by atoms with van der Waals surface area (Å²) in [5.41, 5.74) is 0.532. The van der Waals surface area contributed by atoms with Crippen LogP contribution in [0.1, 0.15) is 23.7 Å². The van der Waals surface area contributed by atoms with Crippen molar-refractivity contribution in [2.45, 2.75) is 13.3 Å². The number of ether oxygens (including phenoxy) is 2. The molecule has 90 valence electrons. The van der Waals surface area contributed by atoms with E-state index in [2.05, 4.69) is 21.9 Å². The standard InChI is InChI=1S/C13H13BrO3/c1-3-5-6-17-13-11(14)7-10(9-15)8-12(13)16-4-2/h1,7-9H,4-6H2,2H3. The van der Waals surface area contributed by atoms with Crippen LogP contribution in [0, 0.1) is 12.3 Å². The van der Waals surface area contributed by atoms with Gasteiger partial charge in [0.05, 0.1) is 17.7 Å². The SMILES string of the molecule is C#CCCOc1c(Br)cc(C=O)cc1OCC. The first-order valence-electron chi connectivity index (χ1n) is 5.20. The fraction of sp³-hybridized carbons (Fsp3) is 0.308. The minimum atomic E-state index is 0.412. The summed E-state index contributed by atoms with van der Waals surface area (Å²) in [6, 6.07) is 3.33. The van der Waals surface area contributed by atoms with Crippen LogP contribution in [0.25, 0.3) is 0 Å². The Morgan fingerprint density at radius 1 is 1.47 bits per heavy atom. The fourth-order valence-electron chi connectivity index (χ4n) is 1.27. The highest BCUT2D eigenvalue weighted by Crippen LogP contribution is 2.36. The molecular weight excluding hydrogens is 284 g/mol. The normalized spacial score (nSPS) is 9.47. The molecule has 0 amide bonds. The van der Waals surface area contributed by atoms with Gasteiger partial charge in [0.1, 0.15) is 6.29 Å². The highest BCUT2D eigenvalue weighted by Gasteiger charge is 2.11. The third-order valence-corrected chi connectivity index (χ3v) is 2.55. The molecule has 17 heavy (non-hydrogen) atoms. The Labute approximate surface area is 109 Å².